The third-order valence-electron chi connectivity index (χ3n) is 5.00. The molecule has 0 bridgehead atoms. The molecule has 5 amide bonds. The third-order valence-corrected chi connectivity index (χ3v) is 5.00. The first-order valence-corrected chi connectivity index (χ1v) is 9.76. The number of nitrogens with zero attached hydrogens (tertiary/aromatic N) is 2. The minimum absolute atomic E-state index is 0.0149. The van der Waals surface area contributed by atoms with Crippen molar-refractivity contribution in [1.29, 1.82) is 0 Å². The van der Waals surface area contributed by atoms with Crippen LogP contribution in [0.1, 0.15) is 33.6 Å². The Hall–Kier alpha value is -3.31. The quantitative estimate of drug-likeness (QED) is 0.370. The summed E-state index contributed by atoms with van der Waals surface area (Å²) in [6, 6.07) is 3.36. The van der Waals surface area contributed by atoms with Crippen molar-refractivity contribution in [2.75, 3.05) is 40.0 Å². The molecule has 1 unspecified atom stereocenters. The minimum Gasteiger partial charge on any atom is -0.483 e. The van der Waals surface area contributed by atoms with Gasteiger partial charge in [-0.3, -0.25) is 33.8 Å². The van der Waals surface area contributed by atoms with Gasteiger partial charge in [0.2, 0.25) is 5.91 Å². The summed E-state index contributed by atoms with van der Waals surface area (Å²) >= 11 is 0. The van der Waals surface area contributed by atoms with Crippen LogP contribution in [0, 0.1) is 0 Å². The van der Waals surface area contributed by atoms with Crippen molar-refractivity contribution in [3.63, 3.8) is 0 Å². The van der Waals surface area contributed by atoms with E-state index in [1.165, 1.54) is 25.2 Å². The highest BCUT2D eigenvalue weighted by Crippen LogP contribution is 2.34. The molecule has 3 rings (SSSR count). The molecule has 11 nitrogen and oxygen atoms in total. The number of rotatable bonds is 9. The molecule has 0 aliphatic carbocycles. The molecule has 0 aromatic heterocycles. The Morgan fingerprint density at radius 2 is 1.97 bits per heavy atom. The zero-order chi connectivity index (χ0) is 22.5. The van der Waals surface area contributed by atoms with Crippen LogP contribution in [0.2, 0.25) is 0 Å². The Morgan fingerprint density at radius 3 is 2.71 bits per heavy atom. The lowest BCUT2D eigenvalue weighted by Crippen LogP contribution is -2.54. The number of carbonyl (C=O) groups is 5. The summed E-state index contributed by atoms with van der Waals surface area (Å²) < 4.78 is 10.5. The summed E-state index contributed by atoms with van der Waals surface area (Å²) in [6.07, 6.45) is 0.107. The number of ether oxygens (including phenoxy) is 2. The number of amides is 5. The number of likely N-dealkylation sites (N-methyl/N-ethyl adjacent to an activating group) is 1. The van der Waals surface area contributed by atoms with Crippen molar-refractivity contribution in [3.05, 3.63) is 29.3 Å². The van der Waals surface area contributed by atoms with Crippen molar-refractivity contribution in [1.82, 2.24) is 15.1 Å². The van der Waals surface area contributed by atoms with Crippen molar-refractivity contribution >= 4 is 29.5 Å². The molecule has 0 spiro atoms. The Balaban J connectivity index is 1.68. The molecule has 0 saturated carbocycles. The molecule has 1 aromatic rings. The topological polar surface area (TPSA) is 143 Å². The van der Waals surface area contributed by atoms with Gasteiger partial charge in [0.05, 0.1) is 30.9 Å². The van der Waals surface area contributed by atoms with E-state index in [0.717, 1.165) is 9.80 Å². The van der Waals surface area contributed by atoms with E-state index in [2.05, 4.69) is 5.32 Å². The van der Waals surface area contributed by atoms with Gasteiger partial charge < -0.3 is 19.9 Å². The SMILES string of the molecule is CN1C(=O)CCC(N2C(=O)c3cccc(OCC(=O)NCCOCCO)c3C2=O)C1=O. The average molecular weight is 433 g/mol. The van der Waals surface area contributed by atoms with Crippen LogP contribution in [-0.4, -0.2) is 90.5 Å². The van der Waals surface area contributed by atoms with E-state index >= 15 is 0 Å². The molecule has 1 aromatic carbocycles. The van der Waals surface area contributed by atoms with Gasteiger partial charge in [0.15, 0.2) is 6.61 Å². The Labute approximate surface area is 177 Å². The molecule has 166 valence electrons. The van der Waals surface area contributed by atoms with Crippen molar-refractivity contribution in [2.24, 2.45) is 0 Å². The largest absolute Gasteiger partial charge is 0.483 e. The fourth-order valence-corrected chi connectivity index (χ4v) is 3.44. The van der Waals surface area contributed by atoms with Gasteiger partial charge in [-0.1, -0.05) is 6.07 Å². The third kappa shape index (κ3) is 4.57. The Bertz CT molecular complexity index is 916. The number of aliphatic hydroxyl groups is 1. The summed E-state index contributed by atoms with van der Waals surface area (Å²) in [7, 11) is 1.32. The number of aliphatic hydroxyl groups excluding tert-OH is 1. The van der Waals surface area contributed by atoms with Gasteiger partial charge in [-0.25, -0.2) is 0 Å². The second-order valence-electron chi connectivity index (χ2n) is 6.98. The second kappa shape index (κ2) is 9.67. The molecule has 2 N–H and O–H groups in total. The summed E-state index contributed by atoms with van der Waals surface area (Å²) in [5.41, 5.74) is 0.0617. The van der Waals surface area contributed by atoms with Crippen LogP contribution in [0.25, 0.3) is 0 Å². The average Bonchev–Trinajstić information content (AvgIpc) is 3.01. The lowest BCUT2D eigenvalue weighted by molar-refractivity contribution is -0.149. The highest BCUT2D eigenvalue weighted by Gasteiger charge is 2.47. The lowest BCUT2D eigenvalue weighted by Gasteiger charge is -2.32. The molecule has 1 saturated heterocycles. The van der Waals surface area contributed by atoms with Crippen LogP contribution in [0.3, 0.4) is 0 Å². The number of nitrogens with one attached hydrogen (secondary N) is 1. The van der Waals surface area contributed by atoms with Crippen LogP contribution >= 0.6 is 0 Å². The molecular weight excluding hydrogens is 410 g/mol. The van der Waals surface area contributed by atoms with Gasteiger partial charge >= 0.3 is 0 Å². The van der Waals surface area contributed by atoms with Gasteiger partial charge in [-0.2, -0.15) is 0 Å². The van der Waals surface area contributed by atoms with E-state index < -0.39 is 36.3 Å². The van der Waals surface area contributed by atoms with Gasteiger partial charge in [-0.15, -0.1) is 0 Å². The van der Waals surface area contributed by atoms with E-state index in [4.69, 9.17) is 14.6 Å². The van der Waals surface area contributed by atoms with Crippen LogP contribution in [0.5, 0.6) is 5.75 Å². The highest BCUT2D eigenvalue weighted by molar-refractivity contribution is 6.24. The first kappa shape index (κ1) is 22.4. The fraction of sp³-hybridized carbons (Fsp3) is 0.450. The first-order chi connectivity index (χ1) is 14.9. The molecule has 0 radical (unpaired) electrons. The van der Waals surface area contributed by atoms with E-state index in [1.807, 2.05) is 0 Å². The minimum atomic E-state index is -1.06. The van der Waals surface area contributed by atoms with E-state index in [9.17, 15) is 24.0 Å². The number of hydrogen-bond donors (Lipinski definition) is 2. The van der Waals surface area contributed by atoms with Crippen LogP contribution in [-0.2, 0) is 19.1 Å². The summed E-state index contributed by atoms with van der Waals surface area (Å²) in [6.45, 7) is 0.108. The van der Waals surface area contributed by atoms with E-state index in [-0.39, 0.29) is 62.0 Å². The molecule has 31 heavy (non-hydrogen) atoms. The van der Waals surface area contributed by atoms with Gasteiger partial charge in [0.1, 0.15) is 11.8 Å². The molecule has 11 heteroatoms. The summed E-state index contributed by atoms with van der Waals surface area (Å²) in [5, 5.41) is 11.2. The standard InChI is InChI=1S/C20H23N3O8/c1-22-16(26)6-5-13(19(22)28)23-18(27)12-3-2-4-14(17(12)20(23)29)31-11-15(25)21-7-9-30-10-8-24/h2-4,13,24H,5-11H2,1H3,(H,21,25). The molecule has 2 heterocycles. The number of hydrogen-bond acceptors (Lipinski definition) is 8. The fourth-order valence-electron chi connectivity index (χ4n) is 3.44. The number of piperidine rings is 1. The molecule has 2 aliphatic heterocycles. The molecule has 1 fully saturated rings. The number of carbonyl (C=O) groups excluding carboxylic acids is 5. The predicted molar refractivity (Wildman–Crippen MR) is 104 cm³/mol. The monoisotopic (exact) mass is 433 g/mol. The van der Waals surface area contributed by atoms with E-state index in [0.29, 0.717) is 0 Å². The summed E-state index contributed by atoms with van der Waals surface area (Å²) in [4.78, 5) is 63.8. The maximum Gasteiger partial charge on any atom is 0.266 e. The van der Waals surface area contributed by atoms with Crippen molar-refractivity contribution < 1.29 is 38.6 Å². The van der Waals surface area contributed by atoms with Crippen LogP contribution in [0.15, 0.2) is 18.2 Å². The molecule has 1 atom stereocenters. The van der Waals surface area contributed by atoms with Gasteiger partial charge in [0.25, 0.3) is 23.6 Å². The highest BCUT2D eigenvalue weighted by atomic mass is 16.5. The maximum atomic E-state index is 13.0. The van der Waals surface area contributed by atoms with E-state index in [1.54, 1.807) is 0 Å². The Kier molecular flexibility index (Phi) is 6.98. The van der Waals surface area contributed by atoms with Crippen LogP contribution in [0.4, 0.5) is 0 Å². The van der Waals surface area contributed by atoms with Gasteiger partial charge in [-0.05, 0) is 18.6 Å². The predicted octanol–water partition coefficient (Wildman–Crippen LogP) is -1.07. The first-order valence-electron chi connectivity index (χ1n) is 9.76. The smallest absolute Gasteiger partial charge is 0.266 e. The number of imide groups is 2. The van der Waals surface area contributed by atoms with Crippen molar-refractivity contribution in [3.8, 4) is 5.75 Å². The maximum absolute atomic E-state index is 13.0. The number of likely N-dealkylation sites (tertiary alicyclic amines) is 1. The Morgan fingerprint density at radius 1 is 1.19 bits per heavy atom. The number of benzene rings is 1. The number of fused-ring (bicyclic) bond motifs is 1. The van der Waals surface area contributed by atoms with Crippen LogP contribution < -0.4 is 10.1 Å². The molecule has 2 aliphatic rings. The second-order valence-corrected chi connectivity index (χ2v) is 6.98. The lowest BCUT2D eigenvalue weighted by atomic mass is 10.0. The van der Waals surface area contributed by atoms with Gasteiger partial charge in [0, 0.05) is 20.0 Å². The summed E-state index contributed by atoms with van der Waals surface area (Å²) in [5.74, 6) is -2.73. The normalized spacial score (nSPS) is 18.5. The molecular formula is C20H23N3O8. The van der Waals surface area contributed by atoms with Crippen molar-refractivity contribution in [2.45, 2.75) is 18.9 Å². The zero-order valence-corrected chi connectivity index (χ0v) is 17.0. The zero-order valence-electron chi connectivity index (χ0n) is 17.0.